The van der Waals surface area contributed by atoms with Crippen LogP contribution in [0.25, 0.3) is 0 Å². The minimum Gasteiger partial charge on any atom is -0.507 e. The van der Waals surface area contributed by atoms with Gasteiger partial charge < -0.3 is 14.6 Å². The van der Waals surface area contributed by atoms with Crippen molar-refractivity contribution in [3.05, 3.63) is 46.0 Å². The predicted molar refractivity (Wildman–Crippen MR) is 77.1 cm³/mol. The van der Waals surface area contributed by atoms with Gasteiger partial charge in [0.05, 0.1) is 18.3 Å². The summed E-state index contributed by atoms with van der Waals surface area (Å²) in [6.45, 7) is 0.272. The fourth-order valence-electron chi connectivity index (χ4n) is 1.74. The molecular formula is C13H13Cl2N3O2. The van der Waals surface area contributed by atoms with E-state index in [0.29, 0.717) is 16.0 Å². The highest BCUT2D eigenvalue weighted by atomic mass is 35.5. The number of phenolic OH excluding ortho intramolecular Hbond substituents is 1. The van der Waals surface area contributed by atoms with Crippen molar-refractivity contribution < 1.29 is 9.90 Å². The fourth-order valence-corrected chi connectivity index (χ4v) is 2.06. The monoisotopic (exact) mass is 313 g/mol. The summed E-state index contributed by atoms with van der Waals surface area (Å²) in [5.41, 5.74) is 0.153. The molecule has 1 amide bonds. The second-order valence-corrected chi connectivity index (χ2v) is 5.20. The highest BCUT2D eigenvalue weighted by Crippen LogP contribution is 2.23. The number of imidazole rings is 1. The number of rotatable bonds is 3. The second kappa shape index (κ2) is 5.73. The van der Waals surface area contributed by atoms with E-state index in [1.54, 1.807) is 18.7 Å². The summed E-state index contributed by atoms with van der Waals surface area (Å²) in [4.78, 5) is 17.8. The SMILES string of the molecule is CN(Cc1ncc(Cl)n1C)C(=O)c1cc(Cl)ccc1O. The van der Waals surface area contributed by atoms with Crippen molar-refractivity contribution in [2.45, 2.75) is 6.54 Å². The van der Waals surface area contributed by atoms with Crippen molar-refractivity contribution in [3.8, 4) is 5.75 Å². The second-order valence-electron chi connectivity index (χ2n) is 4.38. The van der Waals surface area contributed by atoms with Crippen molar-refractivity contribution in [3.63, 3.8) is 0 Å². The summed E-state index contributed by atoms with van der Waals surface area (Å²) >= 11 is 11.7. The van der Waals surface area contributed by atoms with E-state index >= 15 is 0 Å². The molecule has 0 spiro atoms. The average molecular weight is 314 g/mol. The fraction of sp³-hybridized carbons (Fsp3) is 0.231. The number of aromatic hydroxyl groups is 1. The van der Waals surface area contributed by atoms with Crippen LogP contribution in [0, 0.1) is 0 Å². The normalized spacial score (nSPS) is 10.6. The Balaban J connectivity index is 2.20. The molecule has 2 rings (SSSR count). The van der Waals surface area contributed by atoms with Crippen LogP contribution in [0.4, 0.5) is 0 Å². The molecule has 0 radical (unpaired) electrons. The number of hydrogen-bond acceptors (Lipinski definition) is 3. The lowest BCUT2D eigenvalue weighted by molar-refractivity contribution is 0.0777. The number of phenols is 1. The topological polar surface area (TPSA) is 58.4 Å². The number of benzene rings is 1. The van der Waals surface area contributed by atoms with Gasteiger partial charge in [0.2, 0.25) is 0 Å². The van der Waals surface area contributed by atoms with Crippen molar-refractivity contribution in [1.29, 1.82) is 0 Å². The highest BCUT2D eigenvalue weighted by Gasteiger charge is 2.18. The lowest BCUT2D eigenvalue weighted by atomic mass is 10.2. The number of halogens is 2. The van der Waals surface area contributed by atoms with E-state index in [0.717, 1.165) is 0 Å². The molecule has 0 aliphatic rings. The van der Waals surface area contributed by atoms with E-state index < -0.39 is 0 Å². The van der Waals surface area contributed by atoms with Crippen molar-refractivity contribution in [2.75, 3.05) is 7.05 Å². The standard InChI is InChI=1S/C13H13Cl2N3O2/c1-17(7-12-16-6-11(15)18(12)2)13(20)9-5-8(14)3-4-10(9)19/h3-6,19H,7H2,1-2H3. The molecule has 0 fully saturated rings. The zero-order valence-electron chi connectivity index (χ0n) is 11.0. The average Bonchev–Trinajstić information content (AvgIpc) is 2.72. The van der Waals surface area contributed by atoms with Crippen LogP contribution >= 0.6 is 23.2 Å². The van der Waals surface area contributed by atoms with E-state index in [9.17, 15) is 9.90 Å². The van der Waals surface area contributed by atoms with Crippen molar-refractivity contribution in [1.82, 2.24) is 14.5 Å². The van der Waals surface area contributed by atoms with Crippen LogP contribution in [0.5, 0.6) is 5.75 Å². The molecule has 1 aromatic carbocycles. The molecule has 0 atom stereocenters. The molecule has 5 nitrogen and oxygen atoms in total. The molecule has 0 unspecified atom stereocenters. The zero-order valence-corrected chi connectivity index (χ0v) is 12.5. The van der Waals surface area contributed by atoms with E-state index in [1.165, 1.54) is 29.3 Å². The Bertz CT molecular complexity index is 655. The first-order valence-corrected chi connectivity index (χ1v) is 6.56. The Kier molecular flexibility index (Phi) is 4.20. The number of aromatic nitrogens is 2. The molecule has 0 aliphatic carbocycles. The molecular weight excluding hydrogens is 301 g/mol. The Hall–Kier alpha value is -1.72. The van der Waals surface area contributed by atoms with Gasteiger partial charge in [0.15, 0.2) is 0 Å². The molecule has 106 valence electrons. The lowest BCUT2D eigenvalue weighted by Gasteiger charge is -2.17. The third kappa shape index (κ3) is 2.89. The Morgan fingerprint density at radius 1 is 1.45 bits per heavy atom. The van der Waals surface area contributed by atoms with Gasteiger partial charge in [-0.25, -0.2) is 4.98 Å². The molecule has 20 heavy (non-hydrogen) atoms. The number of hydrogen-bond donors (Lipinski definition) is 1. The van der Waals surface area contributed by atoms with Crippen LogP contribution in [-0.2, 0) is 13.6 Å². The third-order valence-corrected chi connectivity index (χ3v) is 3.53. The first-order chi connectivity index (χ1) is 9.40. The molecule has 7 heteroatoms. The van der Waals surface area contributed by atoms with E-state index in [-0.39, 0.29) is 23.8 Å². The molecule has 0 bridgehead atoms. The van der Waals surface area contributed by atoms with Gasteiger partial charge in [-0.1, -0.05) is 23.2 Å². The molecule has 2 aromatic rings. The van der Waals surface area contributed by atoms with Gasteiger partial charge in [-0.05, 0) is 18.2 Å². The Morgan fingerprint density at radius 3 is 2.75 bits per heavy atom. The van der Waals surface area contributed by atoms with Gasteiger partial charge in [-0.3, -0.25) is 4.79 Å². The zero-order chi connectivity index (χ0) is 14.9. The first-order valence-electron chi connectivity index (χ1n) is 5.80. The summed E-state index contributed by atoms with van der Waals surface area (Å²) < 4.78 is 1.68. The van der Waals surface area contributed by atoms with Gasteiger partial charge >= 0.3 is 0 Å². The molecule has 1 heterocycles. The van der Waals surface area contributed by atoms with E-state index in [2.05, 4.69) is 4.98 Å². The maximum absolute atomic E-state index is 12.3. The quantitative estimate of drug-likeness (QED) is 0.947. The van der Waals surface area contributed by atoms with Crippen LogP contribution in [0.2, 0.25) is 10.2 Å². The van der Waals surface area contributed by atoms with Crippen LogP contribution in [0.1, 0.15) is 16.2 Å². The van der Waals surface area contributed by atoms with Gasteiger partial charge in [0.1, 0.15) is 16.7 Å². The summed E-state index contributed by atoms with van der Waals surface area (Å²) in [6, 6.07) is 4.34. The number of nitrogens with zero attached hydrogens (tertiary/aromatic N) is 3. The molecule has 1 aromatic heterocycles. The van der Waals surface area contributed by atoms with Crippen LogP contribution in [-0.4, -0.2) is 32.5 Å². The van der Waals surface area contributed by atoms with Crippen LogP contribution in [0.15, 0.2) is 24.4 Å². The van der Waals surface area contributed by atoms with E-state index in [1.807, 2.05) is 0 Å². The highest BCUT2D eigenvalue weighted by molar-refractivity contribution is 6.31. The minimum atomic E-state index is -0.343. The number of carbonyl (C=O) groups is 1. The van der Waals surface area contributed by atoms with Crippen molar-refractivity contribution >= 4 is 29.1 Å². The third-order valence-electron chi connectivity index (χ3n) is 2.94. The molecule has 0 saturated heterocycles. The van der Waals surface area contributed by atoms with Gasteiger partial charge in [0, 0.05) is 19.1 Å². The minimum absolute atomic E-state index is 0.107. The smallest absolute Gasteiger partial charge is 0.257 e. The summed E-state index contributed by atoms with van der Waals surface area (Å²) in [6.07, 6.45) is 1.52. The van der Waals surface area contributed by atoms with Gasteiger partial charge in [0.25, 0.3) is 5.91 Å². The maximum Gasteiger partial charge on any atom is 0.257 e. The summed E-state index contributed by atoms with van der Waals surface area (Å²) in [7, 11) is 3.38. The van der Waals surface area contributed by atoms with Gasteiger partial charge in [-0.15, -0.1) is 0 Å². The van der Waals surface area contributed by atoms with Crippen LogP contribution < -0.4 is 0 Å². The molecule has 1 N–H and O–H groups in total. The Morgan fingerprint density at radius 2 is 2.15 bits per heavy atom. The maximum atomic E-state index is 12.3. The number of amides is 1. The molecule has 0 saturated carbocycles. The largest absolute Gasteiger partial charge is 0.507 e. The van der Waals surface area contributed by atoms with Crippen molar-refractivity contribution in [2.24, 2.45) is 7.05 Å². The van der Waals surface area contributed by atoms with E-state index in [4.69, 9.17) is 23.2 Å². The first kappa shape index (κ1) is 14.7. The summed E-state index contributed by atoms with van der Waals surface area (Å²) in [5, 5.41) is 10.6. The number of carbonyl (C=O) groups excluding carboxylic acids is 1. The lowest BCUT2D eigenvalue weighted by Crippen LogP contribution is -2.27. The van der Waals surface area contributed by atoms with Gasteiger partial charge in [-0.2, -0.15) is 0 Å². The van der Waals surface area contributed by atoms with Crippen LogP contribution in [0.3, 0.4) is 0 Å². The summed E-state index contributed by atoms with van der Waals surface area (Å²) in [5.74, 6) is 0.195. The predicted octanol–water partition coefficient (Wildman–Crippen LogP) is 2.70. The molecule has 0 aliphatic heterocycles. The Labute approximate surface area is 126 Å².